The van der Waals surface area contributed by atoms with Crippen LogP contribution in [0.2, 0.25) is 0 Å². The van der Waals surface area contributed by atoms with Gasteiger partial charge in [0.15, 0.2) is 0 Å². The largest absolute Gasteiger partial charge is 0.469 e. The average molecular weight is 376 g/mol. The van der Waals surface area contributed by atoms with Crippen molar-refractivity contribution >= 4 is 11.9 Å². The molecule has 5 nitrogen and oxygen atoms in total. The summed E-state index contributed by atoms with van der Waals surface area (Å²) >= 11 is 0. The molecule has 2 atom stereocenters. The molecule has 2 unspecified atom stereocenters. The predicted molar refractivity (Wildman–Crippen MR) is 105 cm³/mol. The van der Waals surface area contributed by atoms with Gasteiger partial charge in [-0.3, -0.25) is 9.59 Å². The molecule has 0 radical (unpaired) electrons. The first-order valence-corrected chi connectivity index (χ1v) is 10.2. The molecule has 1 saturated heterocycles. The molecule has 1 heterocycles. The molecular weight excluding hydrogens is 342 g/mol. The molecule has 0 saturated carbocycles. The molecule has 150 valence electrons. The third kappa shape index (κ3) is 7.71. The van der Waals surface area contributed by atoms with Crippen molar-refractivity contribution in [3.63, 3.8) is 0 Å². The summed E-state index contributed by atoms with van der Waals surface area (Å²) < 4.78 is 4.67. The number of esters is 1. The van der Waals surface area contributed by atoms with Crippen LogP contribution in [0.3, 0.4) is 0 Å². The molecule has 5 heteroatoms. The number of likely N-dealkylation sites (tertiary alicyclic amines) is 1. The summed E-state index contributed by atoms with van der Waals surface area (Å²) in [5.41, 5.74) is 1.14. The molecule has 1 N–H and O–H groups in total. The summed E-state index contributed by atoms with van der Waals surface area (Å²) in [7, 11) is 1.40. The van der Waals surface area contributed by atoms with Crippen molar-refractivity contribution in [1.29, 1.82) is 0 Å². The number of methoxy groups -OCH3 is 1. The number of nitrogens with zero attached hydrogens (tertiary/aromatic N) is 1. The second-order valence-electron chi connectivity index (χ2n) is 7.44. The van der Waals surface area contributed by atoms with Gasteiger partial charge in [-0.2, -0.15) is 0 Å². The Morgan fingerprint density at radius 3 is 2.78 bits per heavy atom. The third-order valence-electron chi connectivity index (χ3n) is 5.34. The number of amides is 1. The number of unbranched alkanes of at least 4 members (excludes halogenated alkanes) is 1. The fraction of sp³-hybridized carbons (Fsp3) is 0.636. The molecular formula is C22H33NO4. The van der Waals surface area contributed by atoms with E-state index in [9.17, 15) is 14.7 Å². The summed E-state index contributed by atoms with van der Waals surface area (Å²) in [6, 6.07) is 10.2. The number of ether oxygens (including phenoxy) is 1. The van der Waals surface area contributed by atoms with E-state index in [-0.39, 0.29) is 24.0 Å². The number of carbonyl (C=O) groups excluding carboxylic acids is 2. The number of carbonyl (C=O) groups is 2. The van der Waals surface area contributed by atoms with Gasteiger partial charge >= 0.3 is 5.97 Å². The number of benzene rings is 1. The number of rotatable bonds is 10. The van der Waals surface area contributed by atoms with Gasteiger partial charge in [0.2, 0.25) is 5.91 Å². The van der Waals surface area contributed by atoms with Crippen LogP contribution in [-0.4, -0.2) is 47.7 Å². The monoisotopic (exact) mass is 375 g/mol. The highest BCUT2D eigenvalue weighted by molar-refractivity contribution is 5.76. The van der Waals surface area contributed by atoms with Crippen molar-refractivity contribution in [3.05, 3.63) is 35.9 Å². The first-order chi connectivity index (χ1) is 13.1. The van der Waals surface area contributed by atoms with Crippen molar-refractivity contribution in [2.24, 2.45) is 0 Å². The Morgan fingerprint density at radius 2 is 2.04 bits per heavy atom. The molecule has 1 fully saturated rings. The van der Waals surface area contributed by atoms with Gasteiger partial charge in [-0.15, -0.1) is 0 Å². The minimum atomic E-state index is -0.382. The van der Waals surface area contributed by atoms with Crippen LogP contribution < -0.4 is 0 Å². The molecule has 1 aliphatic rings. The van der Waals surface area contributed by atoms with Gasteiger partial charge in [0.1, 0.15) is 0 Å². The summed E-state index contributed by atoms with van der Waals surface area (Å²) in [6.07, 6.45) is 7.36. The minimum Gasteiger partial charge on any atom is -0.469 e. The van der Waals surface area contributed by atoms with Gasteiger partial charge in [-0.25, -0.2) is 0 Å². The maximum absolute atomic E-state index is 12.5. The van der Waals surface area contributed by atoms with Gasteiger partial charge in [0.05, 0.1) is 13.2 Å². The first kappa shape index (κ1) is 21.4. The van der Waals surface area contributed by atoms with E-state index in [0.29, 0.717) is 32.2 Å². The van der Waals surface area contributed by atoms with Crippen LogP contribution in [0.4, 0.5) is 0 Å². The maximum atomic E-state index is 12.5. The molecule has 1 aromatic carbocycles. The zero-order valence-corrected chi connectivity index (χ0v) is 16.4. The summed E-state index contributed by atoms with van der Waals surface area (Å²) in [4.78, 5) is 25.8. The Hall–Kier alpha value is -1.88. The van der Waals surface area contributed by atoms with E-state index < -0.39 is 0 Å². The van der Waals surface area contributed by atoms with Crippen LogP contribution in [0.1, 0.15) is 63.4 Å². The Labute approximate surface area is 162 Å². The Balaban J connectivity index is 1.82. The van der Waals surface area contributed by atoms with Crippen LogP contribution in [0.5, 0.6) is 0 Å². The molecule has 27 heavy (non-hydrogen) atoms. The average Bonchev–Trinajstić information content (AvgIpc) is 2.85. The van der Waals surface area contributed by atoms with E-state index in [2.05, 4.69) is 4.74 Å². The minimum absolute atomic E-state index is 0.197. The molecule has 0 aromatic heterocycles. The van der Waals surface area contributed by atoms with Gasteiger partial charge in [0, 0.05) is 25.4 Å². The molecule has 2 rings (SSSR count). The normalized spacial score (nSPS) is 18.8. The highest BCUT2D eigenvalue weighted by Crippen LogP contribution is 2.23. The van der Waals surface area contributed by atoms with Crippen molar-refractivity contribution < 1.29 is 19.4 Å². The summed E-state index contributed by atoms with van der Waals surface area (Å²) in [5, 5.41) is 10.4. The number of aliphatic hydroxyl groups is 1. The topological polar surface area (TPSA) is 66.8 Å². The fourth-order valence-corrected chi connectivity index (χ4v) is 3.79. The highest BCUT2D eigenvalue weighted by Gasteiger charge is 2.26. The van der Waals surface area contributed by atoms with E-state index in [0.717, 1.165) is 44.1 Å². The number of hydrogen-bond donors (Lipinski definition) is 1. The lowest BCUT2D eigenvalue weighted by atomic mass is 9.98. The van der Waals surface area contributed by atoms with Crippen LogP contribution in [-0.2, 0) is 20.7 Å². The number of aliphatic hydroxyl groups excluding tert-OH is 1. The molecule has 0 aliphatic carbocycles. The molecule has 0 spiro atoms. The molecule has 1 aromatic rings. The van der Waals surface area contributed by atoms with Crippen LogP contribution in [0, 0.1) is 0 Å². The van der Waals surface area contributed by atoms with Crippen LogP contribution in [0.25, 0.3) is 0 Å². The highest BCUT2D eigenvalue weighted by atomic mass is 16.5. The quantitative estimate of drug-likeness (QED) is 0.502. The van der Waals surface area contributed by atoms with Crippen molar-refractivity contribution in [2.45, 2.75) is 76.4 Å². The van der Waals surface area contributed by atoms with Crippen molar-refractivity contribution in [3.8, 4) is 0 Å². The van der Waals surface area contributed by atoms with E-state index >= 15 is 0 Å². The second kappa shape index (κ2) is 11.8. The summed E-state index contributed by atoms with van der Waals surface area (Å²) in [5.74, 6) is 0.0193. The van der Waals surface area contributed by atoms with Gasteiger partial charge < -0.3 is 14.7 Å². The Kier molecular flexibility index (Phi) is 9.32. The Bertz CT molecular complexity index is 575. The smallest absolute Gasteiger partial charge is 0.305 e. The van der Waals surface area contributed by atoms with Crippen molar-refractivity contribution in [2.75, 3.05) is 13.7 Å². The molecule has 1 aliphatic heterocycles. The molecule has 1 amide bonds. The standard InChI is InChI=1S/C22H33NO4/c1-27-22(26)13-7-8-16-23-19(11-5-6-12-21(23)25)14-15-20(24)17-18-9-3-2-4-10-18/h2-4,9-10,19-20,24H,5-8,11-17H2,1H3. The third-order valence-corrected chi connectivity index (χ3v) is 5.34. The fourth-order valence-electron chi connectivity index (χ4n) is 3.79. The van der Waals surface area contributed by atoms with Gasteiger partial charge in [0.25, 0.3) is 0 Å². The second-order valence-corrected chi connectivity index (χ2v) is 7.44. The Morgan fingerprint density at radius 1 is 1.26 bits per heavy atom. The zero-order chi connectivity index (χ0) is 19.5. The maximum Gasteiger partial charge on any atom is 0.305 e. The SMILES string of the molecule is COC(=O)CCCCN1C(=O)CCCCC1CCC(O)Cc1ccccc1. The van der Waals surface area contributed by atoms with Crippen molar-refractivity contribution in [1.82, 2.24) is 4.90 Å². The number of hydrogen-bond acceptors (Lipinski definition) is 4. The lowest BCUT2D eigenvalue weighted by molar-refractivity contribution is -0.140. The van der Waals surface area contributed by atoms with E-state index in [1.807, 2.05) is 35.2 Å². The molecule has 0 bridgehead atoms. The lowest BCUT2D eigenvalue weighted by Crippen LogP contribution is -2.40. The van der Waals surface area contributed by atoms with Gasteiger partial charge in [-0.1, -0.05) is 36.8 Å². The predicted octanol–water partition coefficient (Wildman–Crippen LogP) is 3.48. The van der Waals surface area contributed by atoms with Gasteiger partial charge in [-0.05, 0) is 50.5 Å². The van der Waals surface area contributed by atoms with E-state index in [4.69, 9.17) is 0 Å². The lowest BCUT2D eigenvalue weighted by Gasteiger charge is -2.31. The van der Waals surface area contributed by atoms with E-state index in [1.165, 1.54) is 7.11 Å². The summed E-state index contributed by atoms with van der Waals surface area (Å²) in [6.45, 7) is 0.690. The zero-order valence-electron chi connectivity index (χ0n) is 16.4. The van der Waals surface area contributed by atoms with E-state index in [1.54, 1.807) is 0 Å². The van der Waals surface area contributed by atoms with Crippen LogP contribution in [0.15, 0.2) is 30.3 Å². The van der Waals surface area contributed by atoms with Crippen LogP contribution >= 0.6 is 0 Å². The first-order valence-electron chi connectivity index (χ1n) is 10.2.